The molecule has 2 nitrogen and oxygen atoms in total. The van der Waals surface area contributed by atoms with E-state index in [1.165, 1.54) is 0 Å². The minimum Gasteiger partial charge on any atom is -0.422 e. The van der Waals surface area contributed by atoms with E-state index in [9.17, 15) is 4.79 Å². The Hall–Kier alpha value is -1.36. The van der Waals surface area contributed by atoms with Crippen molar-refractivity contribution < 1.29 is 9.53 Å². The average Bonchev–Trinajstić information content (AvgIpc) is 2.39. The van der Waals surface area contributed by atoms with Crippen molar-refractivity contribution in [1.29, 1.82) is 0 Å². The lowest BCUT2D eigenvalue weighted by atomic mass is 10.1. The first-order valence-electron chi connectivity index (χ1n) is 6.03. The van der Waals surface area contributed by atoms with Crippen LogP contribution in [0.2, 0.25) is 0 Å². The third-order valence-corrected chi connectivity index (χ3v) is 3.80. The third kappa shape index (κ3) is 3.15. The first kappa shape index (κ1) is 14.1. The number of carbonyl (C=O) groups is 1. The van der Waals surface area contributed by atoms with Crippen molar-refractivity contribution in [2.75, 3.05) is 0 Å². The standard InChI is InChI=1S/C16H15IO2/c1-10-7-8-11(2)15(12(10)3)19-16(18)13-5-4-6-14(17)9-13/h4-9H,1-3H3. The Labute approximate surface area is 126 Å². The fraction of sp³-hybridized carbons (Fsp3) is 0.188. The van der Waals surface area contributed by atoms with Gasteiger partial charge in [0, 0.05) is 3.57 Å². The van der Waals surface area contributed by atoms with E-state index in [0.717, 1.165) is 20.3 Å². The lowest BCUT2D eigenvalue weighted by Crippen LogP contribution is -2.10. The zero-order valence-electron chi connectivity index (χ0n) is 11.2. The molecule has 0 unspecified atom stereocenters. The molecule has 0 aliphatic rings. The Bertz CT molecular complexity index is 633. The van der Waals surface area contributed by atoms with Crippen LogP contribution in [0, 0.1) is 24.3 Å². The maximum absolute atomic E-state index is 12.2. The number of halogens is 1. The van der Waals surface area contributed by atoms with Crippen LogP contribution in [-0.4, -0.2) is 5.97 Å². The molecule has 0 aliphatic heterocycles. The van der Waals surface area contributed by atoms with Gasteiger partial charge in [-0.05, 0) is 78.3 Å². The molecule has 0 heterocycles. The number of esters is 1. The summed E-state index contributed by atoms with van der Waals surface area (Å²) in [7, 11) is 0. The summed E-state index contributed by atoms with van der Waals surface area (Å²) < 4.78 is 6.57. The van der Waals surface area contributed by atoms with Crippen molar-refractivity contribution >= 4 is 28.6 Å². The Morgan fingerprint density at radius 3 is 2.42 bits per heavy atom. The van der Waals surface area contributed by atoms with E-state index < -0.39 is 0 Å². The minimum atomic E-state index is -0.310. The van der Waals surface area contributed by atoms with E-state index in [-0.39, 0.29) is 5.97 Å². The SMILES string of the molecule is Cc1ccc(C)c(OC(=O)c2cccc(I)c2)c1C. The number of ether oxygens (including phenoxy) is 1. The van der Waals surface area contributed by atoms with Crippen molar-refractivity contribution in [3.8, 4) is 5.75 Å². The van der Waals surface area contributed by atoms with Gasteiger partial charge in [-0.1, -0.05) is 18.2 Å². The topological polar surface area (TPSA) is 26.3 Å². The predicted molar refractivity (Wildman–Crippen MR) is 84.8 cm³/mol. The van der Waals surface area contributed by atoms with E-state index in [4.69, 9.17) is 4.74 Å². The molecule has 0 fully saturated rings. The number of hydrogen-bond donors (Lipinski definition) is 0. The molecule has 0 saturated carbocycles. The fourth-order valence-corrected chi connectivity index (χ4v) is 2.39. The number of aryl methyl sites for hydroxylation is 2. The van der Waals surface area contributed by atoms with Gasteiger partial charge < -0.3 is 4.74 Å². The molecule has 0 atom stereocenters. The van der Waals surface area contributed by atoms with Gasteiger partial charge in [0.15, 0.2) is 0 Å². The normalized spacial score (nSPS) is 10.3. The van der Waals surface area contributed by atoms with Gasteiger partial charge in [-0.15, -0.1) is 0 Å². The highest BCUT2D eigenvalue weighted by atomic mass is 127. The van der Waals surface area contributed by atoms with Gasteiger partial charge in [-0.25, -0.2) is 4.79 Å². The van der Waals surface area contributed by atoms with Crippen molar-refractivity contribution in [2.45, 2.75) is 20.8 Å². The molecule has 0 aromatic heterocycles. The highest BCUT2D eigenvalue weighted by Crippen LogP contribution is 2.26. The summed E-state index contributed by atoms with van der Waals surface area (Å²) in [6.07, 6.45) is 0. The second kappa shape index (κ2) is 5.74. The van der Waals surface area contributed by atoms with Crippen LogP contribution >= 0.6 is 22.6 Å². The molecule has 0 aliphatic carbocycles. The van der Waals surface area contributed by atoms with Gasteiger partial charge >= 0.3 is 5.97 Å². The first-order valence-corrected chi connectivity index (χ1v) is 7.11. The Morgan fingerprint density at radius 2 is 1.74 bits per heavy atom. The summed E-state index contributed by atoms with van der Waals surface area (Å²) in [5, 5.41) is 0. The summed E-state index contributed by atoms with van der Waals surface area (Å²) >= 11 is 2.18. The smallest absolute Gasteiger partial charge is 0.343 e. The van der Waals surface area contributed by atoms with E-state index in [1.807, 2.05) is 51.1 Å². The highest BCUT2D eigenvalue weighted by molar-refractivity contribution is 14.1. The molecule has 0 radical (unpaired) electrons. The molecule has 98 valence electrons. The molecule has 0 amide bonds. The van der Waals surface area contributed by atoms with Gasteiger partial charge in [-0.3, -0.25) is 0 Å². The molecule has 0 bridgehead atoms. The summed E-state index contributed by atoms with van der Waals surface area (Å²) in [5.74, 6) is 0.360. The van der Waals surface area contributed by atoms with Crippen LogP contribution in [0.3, 0.4) is 0 Å². The van der Waals surface area contributed by atoms with Crippen LogP contribution in [0.4, 0.5) is 0 Å². The van der Waals surface area contributed by atoms with Crippen LogP contribution in [0.5, 0.6) is 5.75 Å². The van der Waals surface area contributed by atoms with E-state index in [2.05, 4.69) is 22.6 Å². The van der Waals surface area contributed by atoms with Crippen LogP contribution in [-0.2, 0) is 0 Å². The predicted octanol–water partition coefficient (Wildman–Crippen LogP) is 4.44. The van der Waals surface area contributed by atoms with Crippen LogP contribution in [0.25, 0.3) is 0 Å². The van der Waals surface area contributed by atoms with Crippen LogP contribution in [0.15, 0.2) is 36.4 Å². The molecule has 3 heteroatoms. The summed E-state index contributed by atoms with van der Waals surface area (Å²) in [6.45, 7) is 5.93. The van der Waals surface area contributed by atoms with Gasteiger partial charge in [0.2, 0.25) is 0 Å². The fourth-order valence-electron chi connectivity index (χ4n) is 1.85. The number of rotatable bonds is 2. The Morgan fingerprint density at radius 1 is 1.05 bits per heavy atom. The molecule has 19 heavy (non-hydrogen) atoms. The molecule has 0 saturated heterocycles. The summed E-state index contributed by atoms with van der Waals surface area (Å²) in [6, 6.07) is 11.4. The molecular formula is C16H15IO2. The van der Waals surface area contributed by atoms with Crippen molar-refractivity contribution in [2.24, 2.45) is 0 Å². The second-order valence-corrected chi connectivity index (χ2v) is 5.80. The largest absolute Gasteiger partial charge is 0.422 e. The van der Waals surface area contributed by atoms with Gasteiger partial charge in [0.1, 0.15) is 5.75 Å². The summed E-state index contributed by atoms with van der Waals surface area (Å²) in [5.41, 5.74) is 3.68. The number of benzene rings is 2. The quantitative estimate of drug-likeness (QED) is 0.446. The molecule has 2 aromatic rings. The molecule has 0 spiro atoms. The average molecular weight is 366 g/mol. The number of carbonyl (C=O) groups excluding carboxylic acids is 1. The zero-order valence-corrected chi connectivity index (χ0v) is 13.3. The zero-order chi connectivity index (χ0) is 14.0. The Balaban J connectivity index is 2.32. The lowest BCUT2D eigenvalue weighted by Gasteiger charge is -2.12. The monoisotopic (exact) mass is 366 g/mol. The molecule has 2 rings (SSSR count). The van der Waals surface area contributed by atoms with E-state index >= 15 is 0 Å². The molecule has 0 N–H and O–H groups in total. The maximum Gasteiger partial charge on any atom is 0.343 e. The Kier molecular flexibility index (Phi) is 4.24. The van der Waals surface area contributed by atoms with Gasteiger partial charge in [-0.2, -0.15) is 0 Å². The number of hydrogen-bond acceptors (Lipinski definition) is 2. The van der Waals surface area contributed by atoms with Crippen molar-refractivity contribution in [1.82, 2.24) is 0 Å². The van der Waals surface area contributed by atoms with Crippen LogP contribution in [0.1, 0.15) is 27.0 Å². The van der Waals surface area contributed by atoms with Gasteiger partial charge in [0.05, 0.1) is 5.56 Å². The van der Waals surface area contributed by atoms with E-state index in [0.29, 0.717) is 11.3 Å². The molecule has 2 aromatic carbocycles. The van der Waals surface area contributed by atoms with Crippen molar-refractivity contribution in [3.05, 3.63) is 62.2 Å². The third-order valence-electron chi connectivity index (χ3n) is 3.13. The van der Waals surface area contributed by atoms with Gasteiger partial charge in [0.25, 0.3) is 0 Å². The second-order valence-electron chi connectivity index (χ2n) is 4.55. The first-order chi connectivity index (χ1) is 8.99. The van der Waals surface area contributed by atoms with E-state index in [1.54, 1.807) is 6.07 Å². The van der Waals surface area contributed by atoms with Crippen LogP contribution < -0.4 is 4.74 Å². The lowest BCUT2D eigenvalue weighted by molar-refractivity contribution is 0.0732. The maximum atomic E-state index is 12.2. The molecular weight excluding hydrogens is 351 g/mol. The summed E-state index contributed by atoms with van der Waals surface area (Å²) in [4.78, 5) is 12.2. The minimum absolute atomic E-state index is 0.310. The van der Waals surface area contributed by atoms with Crippen molar-refractivity contribution in [3.63, 3.8) is 0 Å². The highest BCUT2D eigenvalue weighted by Gasteiger charge is 2.13.